The first-order valence-corrected chi connectivity index (χ1v) is 6.62. The molecule has 2 aromatic rings. The van der Waals surface area contributed by atoms with Gasteiger partial charge in [0.25, 0.3) is 0 Å². The van der Waals surface area contributed by atoms with Gasteiger partial charge in [0.15, 0.2) is 23.3 Å². The maximum absolute atomic E-state index is 14.1. The highest BCUT2D eigenvalue weighted by Crippen LogP contribution is 2.30. The SMILES string of the molecule is Cc1ccc(-c2ccc(C=CCCF)c(F)c2F)c(F)c1F. The van der Waals surface area contributed by atoms with Gasteiger partial charge in [-0.3, -0.25) is 4.39 Å². The van der Waals surface area contributed by atoms with Crippen molar-refractivity contribution < 1.29 is 22.0 Å². The van der Waals surface area contributed by atoms with E-state index >= 15 is 0 Å². The number of alkyl halides is 1. The lowest BCUT2D eigenvalue weighted by Gasteiger charge is -2.09. The zero-order valence-electron chi connectivity index (χ0n) is 11.8. The molecular formula is C17H13F5. The Hall–Kier alpha value is -2.17. The molecule has 0 nitrogen and oxygen atoms in total. The molecule has 0 heterocycles. The molecule has 0 fully saturated rings. The van der Waals surface area contributed by atoms with Gasteiger partial charge in [-0.15, -0.1) is 0 Å². The maximum Gasteiger partial charge on any atom is 0.167 e. The van der Waals surface area contributed by atoms with E-state index in [9.17, 15) is 22.0 Å². The lowest BCUT2D eigenvalue weighted by Crippen LogP contribution is -1.98. The third-order valence-electron chi connectivity index (χ3n) is 3.25. The third kappa shape index (κ3) is 3.03. The van der Waals surface area contributed by atoms with E-state index in [-0.39, 0.29) is 28.7 Å². The largest absolute Gasteiger partial charge is 0.251 e. The van der Waals surface area contributed by atoms with E-state index in [1.165, 1.54) is 43.3 Å². The molecule has 0 aliphatic rings. The molecule has 5 heteroatoms. The summed E-state index contributed by atoms with van der Waals surface area (Å²) in [6.45, 7) is 0.768. The number of benzene rings is 2. The zero-order valence-corrected chi connectivity index (χ0v) is 11.8. The molecule has 0 saturated heterocycles. The van der Waals surface area contributed by atoms with Crippen molar-refractivity contribution in [3.05, 3.63) is 64.7 Å². The fourth-order valence-corrected chi connectivity index (χ4v) is 2.03. The monoisotopic (exact) mass is 312 g/mol. The van der Waals surface area contributed by atoms with Crippen molar-refractivity contribution in [1.82, 2.24) is 0 Å². The van der Waals surface area contributed by atoms with Crippen LogP contribution < -0.4 is 0 Å². The minimum atomic E-state index is -1.27. The summed E-state index contributed by atoms with van der Waals surface area (Å²) in [7, 11) is 0. The van der Waals surface area contributed by atoms with Crippen LogP contribution in [0.2, 0.25) is 0 Å². The van der Waals surface area contributed by atoms with Gasteiger partial charge in [0.05, 0.1) is 6.67 Å². The van der Waals surface area contributed by atoms with Gasteiger partial charge >= 0.3 is 0 Å². The lowest BCUT2D eigenvalue weighted by molar-refractivity contribution is 0.497. The van der Waals surface area contributed by atoms with Gasteiger partial charge in [-0.2, -0.15) is 0 Å². The molecule has 0 aromatic heterocycles. The predicted octanol–water partition coefficient (Wildman–Crippen LogP) is 5.59. The van der Waals surface area contributed by atoms with E-state index in [1.807, 2.05) is 0 Å². The Bertz CT molecular complexity index is 719. The van der Waals surface area contributed by atoms with Crippen LogP contribution in [-0.4, -0.2) is 6.67 Å². The van der Waals surface area contributed by atoms with Gasteiger partial charge in [-0.1, -0.05) is 36.4 Å². The van der Waals surface area contributed by atoms with Crippen molar-refractivity contribution in [1.29, 1.82) is 0 Å². The number of allylic oxidation sites excluding steroid dienone is 1. The van der Waals surface area contributed by atoms with Crippen LogP contribution in [0.1, 0.15) is 17.5 Å². The van der Waals surface area contributed by atoms with Crippen molar-refractivity contribution in [2.75, 3.05) is 6.67 Å². The van der Waals surface area contributed by atoms with Gasteiger partial charge < -0.3 is 0 Å². The Labute approximate surface area is 124 Å². The summed E-state index contributed by atoms with van der Waals surface area (Å²) in [5.41, 5.74) is -0.717. The molecule has 0 atom stereocenters. The van der Waals surface area contributed by atoms with Crippen molar-refractivity contribution in [2.24, 2.45) is 0 Å². The van der Waals surface area contributed by atoms with E-state index < -0.39 is 29.9 Å². The first-order chi connectivity index (χ1) is 10.5. The number of aryl methyl sites for hydroxylation is 1. The molecule has 0 aliphatic heterocycles. The smallest absolute Gasteiger partial charge is 0.167 e. The third-order valence-corrected chi connectivity index (χ3v) is 3.25. The van der Waals surface area contributed by atoms with E-state index in [2.05, 4.69) is 0 Å². The Morgan fingerprint density at radius 3 is 2.05 bits per heavy atom. The minimum absolute atomic E-state index is 0.0768. The van der Waals surface area contributed by atoms with E-state index in [1.54, 1.807) is 0 Å². The average molecular weight is 312 g/mol. The number of hydrogen-bond donors (Lipinski definition) is 0. The fraction of sp³-hybridized carbons (Fsp3) is 0.176. The van der Waals surface area contributed by atoms with Gasteiger partial charge in [-0.25, -0.2) is 17.6 Å². The quantitative estimate of drug-likeness (QED) is 0.645. The molecule has 2 aromatic carbocycles. The van der Waals surface area contributed by atoms with Gasteiger partial charge in [0.2, 0.25) is 0 Å². The van der Waals surface area contributed by atoms with E-state index in [4.69, 9.17) is 0 Å². The number of halogens is 5. The fourth-order valence-electron chi connectivity index (χ4n) is 2.03. The first-order valence-electron chi connectivity index (χ1n) is 6.62. The Morgan fingerprint density at radius 2 is 1.41 bits per heavy atom. The molecule has 0 unspecified atom stereocenters. The number of hydrogen-bond acceptors (Lipinski definition) is 0. The van der Waals surface area contributed by atoms with Crippen molar-refractivity contribution in [2.45, 2.75) is 13.3 Å². The van der Waals surface area contributed by atoms with Crippen molar-refractivity contribution in [3.8, 4) is 11.1 Å². The van der Waals surface area contributed by atoms with Crippen LogP contribution in [0.3, 0.4) is 0 Å². The van der Waals surface area contributed by atoms with Crippen molar-refractivity contribution >= 4 is 6.08 Å². The topological polar surface area (TPSA) is 0 Å². The van der Waals surface area contributed by atoms with Crippen LogP contribution in [0.25, 0.3) is 17.2 Å². The number of rotatable bonds is 4. The molecule has 0 bridgehead atoms. The summed E-state index contributed by atoms with van der Waals surface area (Å²) >= 11 is 0. The van der Waals surface area contributed by atoms with Crippen LogP contribution in [0.5, 0.6) is 0 Å². The van der Waals surface area contributed by atoms with Crippen LogP contribution >= 0.6 is 0 Å². The predicted molar refractivity (Wildman–Crippen MR) is 76.1 cm³/mol. The minimum Gasteiger partial charge on any atom is -0.251 e. The second-order valence-electron chi connectivity index (χ2n) is 4.77. The summed E-state index contributed by atoms with van der Waals surface area (Å²) < 4.78 is 67.5. The average Bonchev–Trinajstić information content (AvgIpc) is 2.50. The molecule has 22 heavy (non-hydrogen) atoms. The molecule has 116 valence electrons. The van der Waals surface area contributed by atoms with Gasteiger partial charge in [-0.05, 0) is 18.9 Å². The highest BCUT2D eigenvalue weighted by molar-refractivity contribution is 5.68. The summed E-state index contributed by atoms with van der Waals surface area (Å²) in [6.07, 6.45) is 2.69. The molecule has 2 rings (SSSR count). The summed E-state index contributed by atoms with van der Waals surface area (Å²) in [5, 5.41) is 0. The Balaban J connectivity index is 2.50. The standard InChI is InChI=1S/C17H13F5/c1-10-5-7-12(16(21)14(10)19)13-8-6-11(4-2-3-9-18)15(20)17(13)22/h2,4-8H,3,9H2,1H3. The normalized spacial score (nSPS) is 11.4. The summed E-state index contributed by atoms with van der Waals surface area (Å²) in [5.74, 6) is -4.78. The zero-order chi connectivity index (χ0) is 16.3. The molecular weight excluding hydrogens is 299 g/mol. The molecule has 0 N–H and O–H groups in total. The second-order valence-corrected chi connectivity index (χ2v) is 4.77. The van der Waals surface area contributed by atoms with Gasteiger partial charge in [0, 0.05) is 16.7 Å². The molecule has 0 aliphatic carbocycles. The second kappa shape index (κ2) is 6.73. The van der Waals surface area contributed by atoms with Crippen LogP contribution in [0.15, 0.2) is 30.3 Å². The summed E-state index contributed by atoms with van der Waals surface area (Å²) in [4.78, 5) is 0. The highest BCUT2D eigenvalue weighted by atomic mass is 19.2. The molecule has 0 saturated carbocycles. The molecule has 0 amide bonds. The van der Waals surface area contributed by atoms with Crippen molar-refractivity contribution in [3.63, 3.8) is 0 Å². The van der Waals surface area contributed by atoms with E-state index in [0.29, 0.717) is 0 Å². The van der Waals surface area contributed by atoms with Crippen LogP contribution in [0, 0.1) is 30.2 Å². The Kier molecular flexibility index (Phi) is 4.96. The van der Waals surface area contributed by atoms with Gasteiger partial charge in [0.1, 0.15) is 0 Å². The first kappa shape index (κ1) is 16.2. The molecule has 0 radical (unpaired) electrons. The summed E-state index contributed by atoms with van der Waals surface area (Å²) in [6, 6.07) is 4.89. The highest BCUT2D eigenvalue weighted by Gasteiger charge is 2.19. The van der Waals surface area contributed by atoms with E-state index in [0.717, 1.165) is 0 Å². The molecule has 0 spiro atoms. The lowest BCUT2D eigenvalue weighted by atomic mass is 10.00. The van der Waals surface area contributed by atoms with Crippen LogP contribution in [-0.2, 0) is 0 Å². The van der Waals surface area contributed by atoms with Crippen LogP contribution in [0.4, 0.5) is 22.0 Å². The Morgan fingerprint density at radius 1 is 0.818 bits per heavy atom. The maximum atomic E-state index is 14.1.